The molecule has 0 amide bonds. The average Bonchev–Trinajstić information content (AvgIpc) is 3.17. The van der Waals surface area contributed by atoms with Gasteiger partial charge in [0.25, 0.3) is 0 Å². The number of rotatable bonds is 2. The predicted molar refractivity (Wildman–Crippen MR) is 103 cm³/mol. The Morgan fingerprint density at radius 3 is 2.00 bits per heavy atom. The zero-order chi connectivity index (χ0) is 16.1. The average molecular weight is 357 g/mol. The molecule has 4 rings (SSSR count). The molecule has 0 saturated heterocycles. The van der Waals surface area contributed by atoms with Gasteiger partial charge in [-0.15, -0.1) is 22.7 Å². The van der Waals surface area contributed by atoms with Crippen LogP contribution >= 0.6 is 34.4 Å². The summed E-state index contributed by atoms with van der Waals surface area (Å²) in [5.74, 6) is 0. The van der Waals surface area contributed by atoms with Gasteiger partial charge in [-0.2, -0.15) is 8.75 Å². The van der Waals surface area contributed by atoms with Crippen molar-refractivity contribution in [2.45, 2.75) is 27.7 Å². The van der Waals surface area contributed by atoms with Crippen molar-refractivity contribution >= 4 is 45.4 Å². The Bertz CT molecular complexity index is 1020. The highest BCUT2D eigenvalue weighted by Crippen LogP contribution is 2.43. The van der Waals surface area contributed by atoms with Gasteiger partial charge in [0.2, 0.25) is 0 Å². The molecule has 2 nitrogen and oxygen atoms in total. The van der Waals surface area contributed by atoms with Gasteiger partial charge in [-0.1, -0.05) is 6.07 Å². The van der Waals surface area contributed by atoms with Gasteiger partial charge >= 0.3 is 0 Å². The van der Waals surface area contributed by atoms with E-state index >= 15 is 0 Å². The van der Waals surface area contributed by atoms with E-state index in [1.807, 2.05) is 22.7 Å². The molecule has 5 heteroatoms. The van der Waals surface area contributed by atoms with Gasteiger partial charge in [0.1, 0.15) is 11.0 Å². The topological polar surface area (TPSA) is 25.8 Å². The molecule has 0 aliphatic heterocycles. The van der Waals surface area contributed by atoms with Crippen molar-refractivity contribution in [1.82, 2.24) is 8.75 Å². The van der Waals surface area contributed by atoms with Crippen LogP contribution in [0.25, 0.3) is 33.3 Å². The van der Waals surface area contributed by atoms with E-state index in [1.54, 1.807) is 0 Å². The lowest BCUT2D eigenvalue weighted by atomic mass is 9.93. The van der Waals surface area contributed by atoms with Crippen LogP contribution in [0.1, 0.15) is 19.5 Å². The largest absolute Gasteiger partial charge is 0.173 e. The molecular formula is C18H16N2S3. The minimum atomic E-state index is 0.988. The minimum Gasteiger partial charge on any atom is -0.173 e. The number of fused-ring (bicyclic) bond motifs is 1. The second kappa shape index (κ2) is 5.51. The smallest absolute Gasteiger partial charge is 0.113 e. The summed E-state index contributed by atoms with van der Waals surface area (Å²) in [5, 5.41) is 0. The Hall–Kier alpha value is -1.56. The van der Waals surface area contributed by atoms with Crippen LogP contribution in [0, 0.1) is 27.7 Å². The Labute approximate surface area is 147 Å². The number of hydrogen-bond donors (Lipinski definition) is 0. The van der Waals surface area contributed by atoms with E-state index in [0.29, 0.717) is 0 Å². The number of aromatic nitrogens is 2. The Kier molecular flexibility index (Phi) is 3.59. The van der Waals surface area contributed by atoms with Crippen LogP contribution in [0.5, 0.6) is 0 Å². The number of aryl methyl sites for hydroxylation is 4. The van der Waals surface area contributed by atoms with Gasteiger partial charge in [-0.3, -0.25) is 0 Å². The zero-order valence-electron chi connectivity index (χ0n) is 13.4. The van der Waals surface area contributed by atoms with Crippen LogP contribution < -0.4 is 0 Å². The van der Waals surface area contributed by atoms with Crippen molar-refractivity contribution < 1.29 is 0 Å². The molecule has 0 unspecified atom stereocenters. The summed E-state index contributed by atoms with van der Waals surface area (Å²) in [6.07, 6.45) is 0. The number of thiophene rings is 2. The molecule has 0 saturated carbocycles. The van der Waals surface area contributed by atoms with Crippen molar-refractivity contribution in [3.63, 3.8) is 0 Å². The van der Waals surface area contributed by atoms with Gasteiger partial charge in [-0.05, 0) is 62.6 Å². The van der Waals surface area contributed by atoms with Gasteiger partial charge in [0.15, 0.2) is 0 Å². The van der Waals surface area contributed by atoms with Gasteiger partial charge in [0.05, 0.1) is 11.7 Å². The van der Waals surface area contributed by atoms with Crippen LogP contribution in [0.2, 0.25) is 0 Å². The molecular weight excluding hydrogens is 340 g/mol. The van der Waals surface area contributed by atoms with Gasteiger partial charge < -0.3 is 0 Å². The van der Waals surface area contributed by atoms with Crippen LogP contribution in [0.4, 0.5) is 0 Å². The summed E-state index contributed by atoms with van der Waals surface area (Å²) in [5.41, 5.74) is 7.13. The summed E-state index contributed by atoms with van der Waals surface area (Å²) in [6.45, 7) is 8.73. The highest BCUT2D eigenvalue weighted by molar-refractivity contribution is 7.12. The standard InChI is InChI=1S/C18H16N2S3/c1-9-7-14(11(3)21-9)13-5-6-16-18(20-23-19-16)17(13)15-8-10(2)22-12(15)4/h5-8H,1-4H3. The summed E-state index contributed by atoms with van der Waals surface area (Å²) in [4.78, 5) is 5.38. The fourth-order valence-corrected chi connectivity index (χ4v) is 5.54. The molecule has 0 spiro atoms. The first-order chi connectivity index (χ1) is 11.0. The molecule has 0 fully saturated rings. The van der Waals surface area contributed by atoms with Crippen molar-refractivity contribution in [2.75, 3.05) is 0 Å². The molecule has 116 valence electrons. The summed E-state index contributed by atoms with van der Waals surface area (Å²) < 4.78 is 9.05. The van der Waals surface area contributed by atoms with Crippen LogP contribution in [0.15, 0.2) is 24.3 Å². The number of nitrogens with zero attached hydrogens (tertiary/aromatic N) is 2. The van der Waals surface area contributed by atoms with E-state index in [1.165, 1.54) is 53.5 Å². The van der Waals surface area contributed by atoms with Crippen LogP contribution in [-0.4, -0.2) is 8.75 Å². The lowest BCUT2D eigenvalue weighted by Crippen LogP contribution is -1.88. The maximum atomic E-state index is 4.61. The first kappa shape index (κ1) is 15.0. The quantitative estimate of drug-likeness (QED) is 0.416. The predicted octanol–water partition coefficient (Wildman–Crippen LogP) is 6.38. The lowest BCUT2D eigenvalue weighted by Gasteiger charge is -2.10. The lowest BCUT2D eigenvalue weighted by molar-refractivity contribution is 1.53. The molecule has 4 aromatic rings. The third kappa shape index (κ3) is 2.43. The highest BCUT2D eigenvalue weighted by atomic mass is 32.1. The fourth-order valence-electron chi connectivity index (χ4n) is 3.13. The van der Waals surface area contributed by atoms with Crippen molar-refractivity contribution in [2.24, 2.45) is 0 Å². The highest BCUT2D eigenvalue weighted by Gasteiger charge is 2.19. The molecule has 0 bridgehead atoms. The molecule has 0 aliphatic carbocycles. The first-order valence-corrected chi connectivity index (χ1v) is 9.81. The van der Waals surface area contributed by atoms with E-state index in [0.717, 1.165) is 11.0 Å². The molecule has 23 heavy (non-hydrogen) atoms. The van der Waals surface area contributed by atoms with Crippen molar-refractivity contribution in [3.05, 3.63) is 43.8 Å². The summed E-state index contributed by atoms with van der Waals surface area (Å²) >= 11 is 4.99. The van der Waals surface area contributed by atoms with Crippen LogP contribution in [0.3, 0.4) is 0 Å². The minimum absolute atomic E-state index is 0.988. The summed E-state index contributed by atoms with van der Waals surface area (Å²) in [7, 11) is 0. The Morgan fingerprint density at radius 1 is 0.739 bits per heavy atom. The second-order valence-electron chi connectivity index (χ2n) is 5.77. The van der Waals surface area contributed by atoms with Crippen molar-refractivity contribution in [3.8, 4) is 22.3 Å². The van der Waals surface area contributed by atoms with E-state index in [9.17, 15) is 0 Å². The van der Waals surface area contributed by atoms with E-state index < -0.39 is 0 Å². The fraction of sp³-hybridized carbons (Fsp3) is 0.222. The molecule has 0 N–H and O–H groups in total. The normalized spacial score (nSPS) is 11.5. The maximum Gasteiger partial charge on any atom is 0.113 e. The zero-order valence-corrected chi connectivity index (χ0v) is 15.9. The Morgan fingerprint density at radius 2 is 1.39 bits per heavy atom. The molecule has 0 atom stereocenters. The second-order valence-corrected chi connectivity index (χ2v) is 9.22. The molecule has 3 aromatic heterocycles. The molecule has 1 aromatic carbocycles. The maximum absolute atomic E-state index is 4.61. The molecule has 0 radical (unpaired) electrons. The van der Waals surface area contributed by atoms with Crippen LogP contribution in [-0.2, 0) is 0 Å². The third-order valence-electron chi connectivity index (χ3n) is 4.07. The van der Waals surface area contributed by atoms with E-state index in [-0.39, 0.29) is 0 Å². The van der Waals surface area contributed by atoms with Gasteiger partial charge in [-0.25, -0.2) is 0 Å². The SMILES string of the molecule is Cc1cc(-c2ccc3nsnc3c2-c2cc(C)sc2C)c(C)s1. The van der Waals surface area contributed by atoms with Gasteiger partial charge in [0, 0.05) is 25.1 Å². The molecule has 3 heterocycles. The van der Waals surface area contributed by atoms with Crippen molar-refractivity contribution in [1.29, 1.82) is 0 Å². The first-order valence-electron chi connectivity index (χ1n) is 7.44. The monoisotopic (exact) mass is 356 g/mol. The van der Waals surface area contributed by atoms with E-state index in [2.05, 4.69) is 60.7 Å². The number of benzene rings is 1. The third-order valence-corrected chi connectivity index (χ3v) is 6.54. The Balaban J connectivity index is 2.11. The number of hydrogen-bond acceptors (Lipinski definition) is 5. The summed E-state index contributed by atoms with van der Waals surface area (Å²) in [6, 6.07) is 8.88. The molecule has 0 aliphatic rings. The van der Waals surface area contributed by atoms with E-state index in [4.69, 9.17) is 0 Å².